The largest absolute Gasteiger partial charge is 0.386 e. The molecule has 21 rings (SSSR count). The van der Waals surface area contributed by atoms with Gasteiger partial charge in [0, 0.05) is 25.7 Å². The van der Waals surface area contributed by atoms with Crippen LogP contribution in [0, 0.1) is 0 Å². The van der Waals surface area contributed by atoms with E-state index < -0.39 is 191 Å². The molecule has 0 amide bonds. The quantitative estimate of drug-likeness (QED) is 0.0814. The van der Waals surface area contributed by atoms with Gasteiger partial charge in [-0.25, -0.2) is 72.2 Å². The lowest BCUT2D eigenvalue weighted by atomic mass is 10.1. The van der Waals surface area contributed by atoms with Crippen LogP contribution >= 0.6 is 64.4 Å². The Labute approximate surface area is 762 Å². The summed E-state index contributed by atoms with van der Waals surface area (Å²) in [5, 5.41) is 6.28. The first-order valence-corrected chi connectivity index (χ1v) is 55.0. The fourth-order valence-electron chi connectivity index (χ4n) is 15.8. The van der Waals surface area contributed by atoms with Crippen molar-refractivity contribution in [2.45, 2.75) is 147 Å². The topological polar surface area (TPSA) is 752 Å². The molecule has 9 saturated heterocycles. The molecule has 56 nitrogen and oxygen atoms in total. The Morgan fingerprint density at radius 3 is 1.34 bits per heavy atom. The van der Waals surface area contributed by atoms with Crippen LogP contribution in [0.4, 0.5) is 44.1 Å². The summed E-state index contributed by atoms with van der Waals surface area (Å²) in [6.45, 7) is -26.3. The molecule has 0 aliphatic carbocycles. The predicted octanol–water partition coefficient (Wildman–Crippen LogP) is 0.964. The fraction of sp³-hybridized carbons (Fsp3) is 0.500. The number of H-pyrrole nitrogens is 3. The summed E-state index contributed by atoms with van der Waals surface area (Å²) in [7, 11) is 0. The molecule has 0 saturated carbocycles. The maximum absolute atomic E-state index is 16.0. The highest BCUT2D eigenvalue weighted by molar-refractivity contribution is 8.44. The molecule has 9 aliphatic heterocycles. The van der Waals surface area contributed by atoms with Gasteiger partial charge in [-0.2, -0.15) is 25.1 Å². The maximum Gasteiger partial charge on any atom is 0.386 e. The number of anilines is 6. The molecule has 9 aliphatic rings. The fourth-order valence-corrected chi connectivity index (χ4v) is 26.2. The van der Waals surface area contributed by atoms with Crippen LogP contribution < -0.4 is 51.1 Å². The van der Waals surface area contributed by atoms with Crippen LogP contribution in [-0.2, 0) is 142 Å². The summed E-state index contributed by atoms with van der Waals surface area (Å²) in [5.74, 6) is -0.0599. The van der Waals surface area contributed by atoms with Crippen molar-refractivity contribution in [3.8, 4) is 0 Å². The number of fused-ring (bicyclic) bond motifs is 15. The van der Waals surface area contributed by atoms with Crippen LogP contribution in [0.1, 0.15) is 73.3 Å². The van der Waals surface area contributed by atoms with Gasteiger partial charge in [0.2, 0.25) is 17.8 Å². The van der Waals surface area contributed by atoms with Crippen molar-refractivity contribution in [3.63, 3.8) is 0 Å². The number of nitrogen functional groups attached to an aromatic ring is 6. The molecule has 12 aromatic heterocycles. The van der Waals surface area contributed by atoms with Crippen LogP contribution in [-0.4, -0.2) is 266 Å². The van der Waals surface area contributed by atoms with E-state index in [1.807, 2.05) is 0 Å². The van der Waals surface area contributed by atoms with Crippen molar-refractivity contribution >= 4 is 215 Å². The smallest absolute Gasteiger partial charge is 0.382 e. The minimum absolute atomic E-state index is 0.00862. The molecule has 20 N–H and O–H groups in total. The molecule has 0 aromatic carbocycles. The monoisotopic (exact) mass is 2070 g/mol. The lowest BCUT2D eigenvalue weighted by molar-refractivity contribution is -0.0550. The molecule has 12 aromatic rings. The Kier molecular flexibility index (Phi) is 25.5. The van der Waals surface area contributed by atoms with Gasteiger partial charge in [0.05, 0.1) is 118 Å². The zero-order valence-corrected chi connectivity index (χ0v) is 77.0. The van der Waals surface area contributed by atoms with E-state index in [1.165, 1.54) is 77.8 Å². The molecule has 131 heavy (non-hydrogen) atoms. The molecular formula is C60H70F2N30O26P6S7. The van der Waals surface area contributed by atoms with Crippen LogP contribution in [0.2, 0.25) is 0 Å². The Balaban J connectivity index is 0.000000127. The van der Waals surface area contributed by atoms with Gasteiger partial charge in [-0.1, -0.05) is 12.2 Å². The second-order valence-electron chi connectivity index (χ2n) is 29.9. The van der Waals surface area contributed by atoms with E-state index in [4.69, 9.17) is 171 Å². The van der Waals surface area contributed by atoms with Crippen molar-refractivity contribution in [2.24, 2.45) is 0 Å². The first-order chi connectivity index (χ1) is 62.2. The zero-order chi connectivity index (χ0) is 92.0. The summed E-state index contributed by atoms with van der Waals surface area (Å²) in [4.78, 5) is 152. The predicted molar refractivity (Wildman–Crippen MR) is 468 cm³/mol. The number of imidazole rings is 6. The van der Waals surface area contributed by atoms with Crippen molar-refractivity contribution < 1.29 is 116 Å². The highest BCUT2D eigenvalue weighted by Crippen LogP contribution is 2.62. The molecule has 21 heterocycles. The van der Waals surface area contributed by atoms with Gasteiger partial charge in [-0.05, 0) is 59.0 Å². The Morgan fingerprint density at radius 2 is 0.824 bits per heavy atom. The van der Waals surface area contributed by atoms with Gasteiger partial charge in [0.25, 0.3) is 16.7 Å². The lowest BCUT2D eigenvalue weighted by Crippen LogP contribution is -2.34. The number of hydrogen-bond donors (Lipinski definition) is 15. The molecule has 0 radical (unpaired) electrons. The molecule has 6 bridgehead atoms. The third-order valence-corrected chi connectivity index (χ3v) is 32.5. The van der Waals surface area contributed by atoms with Crippen LogP contribution in [0.25, 0.3) is 55.9 Å². The maximum atomic E-state index is 16.0. The van der Waals surface area contributed by atoms with Crippen LogP contribution in [0.3, 0.4) is 0 Å². The van der Waals surface area contributed by atoms with E-state index >= 15 is 8.78 Å². The summed E-state index contributed by atoms with van der Waals surface area (Å²) >= 11 is 31.5. The molecule has 26 atom stereocenters. The van der Waals surface area contributed by atoms with Gasteiger partial charge >= 0.3 is 40.4 Å². The SMILES string of the molecule is Nc1nc2c(ncn2[C@@H]2O[C@@H]3COP(O)(=S)O[C@H]4C[C@H](c5cnc6c(N)ncnn56)O[C@@H]4COP(=O)(S)O[C@@H]2C3)c(=O)[nH]1.Nc1nc2c(ncn2[C@@H]2O[C@@H]3COP(O)(=S)O[C@H]4C[C@H](c5cnc6c(N)ncnn56)O[C@@H]4COP(O)(=S)O[C@@H]2C3)c(=O)[nH]1.Nc1nc2c(ncn2[C@@H]2S[C@@H]3COP(O)(=S)O[C@H]4[C@H](F)[C@H](n5cnc6c(N)ncnc65)O[C@@H]4COP(O)(=S)O[C@@H]2[C@H]3F)c(=O)[nH]1. The second kappa shape index (κ2) is 36.0. The van der Waals surface area contributed by atoms with Crippen molar-refractivity contribution in [3.05, 3.63) is 99.1 Å². The average Bonchev–Trinajstić information content (AvgIpc) is 1.62. The number of hydrogen-bond acceptors (Lipinski definition) is 48. The average molecular weight is 2080 g/mol. The number of alkyl halides is 2. The number of halogens is 2. The van der Waals surface area contributed by atoms with Gasteiger partial charge < -0.3 is 119 Å². The first kappa shape index (κ1) is 92.7. The Bertz CT molecular complexity index is 6710. The number of thioether (sulfide) groups is 1. The van der Waals surface area contributed by atoms with Crippen molar-refractivity contribution in [1.82, 2.24) is 117 Å². The minimum atomic E-state index is -4.28. The standard InChI is InChI=1S/C20H22F2N10O8P2S3.2C20H24N10O9P2S2/c21-8-7-2-37-42(35,44)39-12-6(38-18(9(12)22)31-4-27-10-14(23)25-3-26-15(10)31)1-36-41(34,43)40-13(8)19(45-7)32-5-28-11-16(32)29-20(24)30-17(11)33;2*21-15-17-23-3-9(30(17)26-6-24-15)10-2-11-13(37-10)5-35-41(33,43)39-12-1-8(4-34-40(32,42)38-11)36-19(12)29-7-25-14-16(29)27-20(22)28-18(14)31/h3-9,12-13,18-19H,1-2H2,(H,34,43)(H,35,44)(H2,23,25,26)(H3,24,29,30,33);2*3,6-8,10-13,19H,1-2,4-5H2,(H,32,42)(H,33,43)(H2,21,24,26)(H3,22,27,28,31)/t6-,7-,8+,9+,12-,13-,18-,19-,41?,42?;2*8-,10+,11-,12+,13+,19+,40?,41?/m100/s1. The highest BCUT2D eigenvalue weighted by atomic mass is 32.7. The molecular weight excluding hydrogens is 2010 g/mol. The van der Waals surface area contributed by atoms with Gasteiger partial charge in [-0.15, -0.1) is 11.8 Å². The molecule has 702 valence electrons. The molecule has 0 spiro atoms. The Morgan fingerprint density at radius 1 is 0.412 bits per heavy atom. The van der Waals surface area contributed by atoms with E-state index in [9.17, 15) is 43.4 Å². The van der Waals surface area contributed by atoms with E-state index in [2.05, 4.69) is 102 Å². The number of nitrogens with one attached hydrogen (secondary N) is 3. The normalized spacial score (nSPS) is 36.2. The van der Waals surface area contributed by atoms with E-state index in [-0.39, 0.29) is 132 Å². The lowest BCUT2D eigenvalue weighted by Gasteiger charge is -2.27. The third kappa shape index (κ3) is 19.0. The van der Waals surface area contributed by atoms with E-state index in [0.717, 1.165) is 11.8 Å². The number of thiol groups is 1. The number of nitrogens with zero attached hydrogens (tertiary/aromatic N) is 21. The molecule has 71 heteroatoms. The van der Waals surface area contributed by atoms with E-state index in [1.54, 1.807) is 6.20 Å². The minimum Gasteiger partial charge on any atom is -0.382 e. The van der Waals surface area contributed by atoms with Crippen molar-refractivity contribution in [1.29, 1.82) is 0 Å². The van der Waals surface area contributed by atoms with Crippen LogP contribution in [0.5, 0.6) is 0 Å². The van der Waals surface area contributed by atoms with Gasteiger partial charge in [0.15, 0.2) is 92.7 Å². The highest BCUT2D eigenvalue weighted by Gasteiger charge is 2.56. The summed E-state index contributed by atoms with van der Waals surface area (Å²) < 4.78 is 153. The zero-order valence-electron chi connectivity index (χ0n) is 65.8. The van der Waals surface area contributed by atoms with Crippen molar-refractivity contribution in [2.75, 3.05) is 74.0 Å². The van der Waals surface area contributed by atoms with Gasteiger partial charge in [-0.3, -0.25) is 65.7 Å². The first-order valence-electron chi connectivity index (χ1n) is 38.4. The molecule has 6 unspecified atom stereocenters. The second-order valence-corrected chi connectivity index (χ2v) is 48.1. The summed E-state index contributed by atoms with van der Waals surface area (Å²) in [5.41, 5.74) is 35.4. The number of aromatic amines is 3. The molecule has 9 fully saturated rings. The summed E-state index contributed by atoms with van der Waals surface area (Å²) in [6.07, 6.45) is -7.05. The number of rotatable bonds is 6. The Hall–Kier alpha value is -7.34. The third-order valence-electron chi connectivity index (χ3n) is 21.5. The van der Waals surface area contributed by atoms with E-state index in [0.29, 0.717) is 22.7 Å². The van der Waals surface area contributed by atoms with Gasteiger partial charge in [0.1, 0.15) is 91.0 Å². The number of ether oxygens (including phenoxy) is 5. The van der Waals surface area contributed by atoms with Crippen LogP contribution in [0.15, 0.2) is 71.1 Å². The summed E-state index contributed by atoms with van der Waals surface area (Å²) in [6, 6.07) is 0. The number of aromatic nitrogens is 24. The number of nitrogens with two attached hydrogens (primary N) is 6.